The fourth-order valence-corrected chi connectivity index (χ4v) is 11.0. The molecular weight excluding hydrogens is 865 g/mol. The van der Waals surface area contributed by atoms with Crippen LogP contribution in [0.4, 0.5) is 34.1 Å². The van der Waals surface area contributed by atoms with Crippen molar-refractivity contribution in [2.75, 3.05) is 9.80 Å². The zero-order chi connectivity index (χ0) is 46.8. The molecule has 0 radical (unpaired) electrons. The molecule has 334 valence electrons. The predicted molar refractivity (Wildman–Crippen MR) is 297 cm³/mol. The largest absolute Gasteiger partial charge is 0.455 e. The maximum atomic E-state index is 7.22. The van der Waals surface area contributed by atoms with Crippen LogP contribution in [0.25, 0.3) is 88.1 Å². The summed E-state index contributed by atoms with van der Waals surface area (Å²) in [5.74, 6) is 0. The zero-order valence-corrected chi connectivity index (χ0v) is 38.6. The van der Waals surface area contributed by atoms with Crippen LogP contribution in [0.15, 0.2) is 271 Å². The lowest BCUT2D eigenvalue weighted by atomic mass is 10.0. The Morgan fingerprint density at radius 3 is 1.04 bits per heavy atom. The lowest BCUT2D eigenvalue weighted by molar-refractivity contribution is 0.677. The molecule has 3 aromatic heterocycles. The van der Waals surface area contributed by atoms with Crippen LogP contribution in [0.5, 0.6) is 0 Å². The van der Waals surface area contributed by atoms with Crippen LogP contribution < -0.4 is 9.80 Å². The van der Waals surface area contributed by atoms with Gasteiger partial charge in [-0.05, 0) is 139 Å². The molecule has 0 fully saturated rings. The number of rotatable bonds is 9. The van der Waals surface area contributed by atoms with Gasteiger partial charge in [-0.15, -0.1) is 0 Å². The third-order valence-electron chi connectivity index (χ3n) is 14.0. The summed E-state index contributed by atoms with van der Waals surface area (Å²) in [5.41, 5.74) is 17.2. The minimum absolute atomic E-state index is 0.903. The number of fused-ring (bicyclic) bond motifs is 11. The molecule has 0 saturated carbocycles. The van der Waals surface area contributed by atoms with Crippen LogP contribution in [0.2, 0.25) is 0 Å². The fraction of sp³-hybridized carbons (Fsp3) is 0. The van der Waals surface area contributed by atoms with Crippen LogP contribution in [0.1, 0.15) is 0 Å². The van der Waals surface area contributed by atoms with Gasteiger partial charge in [-0.25, -0.2) is 0 Å². The molecule has 5 nitrogen and oxygen atoms in total. The highest BCUT2D eigenvalue weighted by atomic mass is 16.3. The zero-order valence-electron chi connectivity index (χ0n) is 38.6. The Kier molecular flexibility index (Phi) is 9.46. The number of nitrogens with zero attached hydrogens (tertiary/aromatic N) is 4. The number of benzene rings is 11. The smallest absolute Gasteiger partial charge is 0.145 e. The molecular formula is C66H44N4O. The van der Waals surface area contributed by atoms with Gasteiger partial charge in [0, 0.05) is 67.0 Å². The normalized spacial score (nSPS) is 11.7. The van der Waals surface area contributed by atoms with Crippen LogP contribution in [0, 0.1) is 0 Å². The molecule has 0 bridgehead atoms. The second-order valence-corrected chi connectivity index (χ2v) is 18.1. The van der Waals surface area contributed by atoms with E-state index in [1.165, 1.54) is 5.39 Å². The molecule has 11 aromatic carbocycles. The molecule has 0 saturated heterocycles. The summed E-state index contributed by atoms with van der Waals surface area (Å²) >= 11 is 0. The van der Waals surface area contributed by atoms with Crippen molar-refractivity contribution in [3.8, 4) is 22.5 Å². The van der Waals surface area contributed by atoms with E-state index < -0.39 is 0 Å². The van der Waals surface area contributed by atoms with E-state index in [4.69, 9.17) is 4.42 Å². The van der Waals surface area contributed by atoms with Gasteiger partial charge in [-0.1, -0.05) is 140 Å². The highest BCUT2D eigenvalue weighted by Crippen LogP contribution is 2.46. The number of aromatic nitrogens is 2. The van der Waals surface area contributed by atoms with Gasteiger partial charge in [0.15, 0.2) is 0 Å². The molecule has 0 amide bonds. The number of anilines is 6. The van der Waals surface area contributed by atoms with Crippen molar-refractivity contribution in [3.05, 3.63) is 267 Å². The molecule has 0 aliphatic carbocycles. The van der Waals surface area contributed by atoms with Crippen LogP contribution in [-0.4, -0.2) is 9.13 Å². The minimum atomic E-state index is 0.903. The molecule has 0 aliphatic heterocycles. The molecule has 71 heavy (non-hydrogen) atoms. The number of hydrogen-bond donors (Lipinski definition) is 0. The van der Waals surface area contributed by atoms with Crippen LogP contribution in [-0.2, 0) is 0 Å². The number of hydrogen-bond acceptors (Lipinski definition) is 3. The highest BCUT2D eigenvalue weighted by molar-refractivity contribution is 6.29. The first kappa shape index (κ1) is 40.5. The van der Waals surface area contributed by atoms with Crippen molar-refractivity contribution in [1.29, 1.82) is 0 Å². The van der Waals surface area contributed by atoms with E-state index >= 15 is 0 Å². The Labute approximate surface area is 410 Å². The van der Waals surface area contributed by atoms with E-state index in [-0.39, 0.29) is 0 Å². The first-order chi connectivity index (χ1) is 35.2. The van der Waals surface area contributed by atoms with Crippen LogP contribution >= 0.6 is 0 Å². The molecule has 3 heterocycles. The third-order valence-corrected chi connectivity index (χ3v) is 14.0. The van der Waals surface area contributed by atoms with Gasteiger partial charge in [-0.2, -0.15) is 0 Å². The molecule has 14 aromatic rings. The van der Waals surface area contributed by atoms with Gasteiger partial charge in [0.05, 0.1) is 32.8 Å². The molecule has 0 spiro atoms. The quantitative estimate of drug-likeness (QED) is 0.145. The van der Waals surface area contributed by atoms with Crippen molar-refractivity contribution in [2.24, 2.45) is 0 Å². The average molecular weight is 909 g/mol. The minimum Gasteiger partial charge on any atom is -0.455 e. The van der Waals surface area contributed by atoms with E-state index in [9.17, 15) is 0 Å². The first-order valence-electron chi connectivity index (χ1n) is 24.2. The van der Waals surface area contributed by atoms with E-state index in [2.05, 4.69) is 286 Å². The Morgan fingerprint density at radius 1 is 0.254 bits per heavy atom. The molecule has 0 atom stereocenters. The van der Waals surface area contributed by atoms with Gasteiger partial charge in [0.2, 0.25) is 0 Å². The van der Waals surface area contributed by atoms with Gasteiger partial charge in [0.1, 0.15) is 11.2 Å². The van der Waals surface area contributed by atoms with Gasteiger partial charge in [0.25, 0.3) is 0 Å². The Bertz CT molecular complexity index is 4080. The summed E-state index contributed by atoms with van der Waals surface area (Å²) in [6, 6.07) is 95.6. The summed E-state index contributed by atoms with van der Waals surface area (Å²) < 4.78 is 12.0. The fourth-order valence-electron chi connectivity index (χ4n) is 11.0. The van der Waals surface area contributed by atoms with E-state index in [0.29, 0.717) is 0 Å². The lowest BCUT2D eigenvalue weighted by Crippen LogP contribution is -2.13. The van der Waals surface area contributed by atoms with E-state index in [1.54, 1.807) is 0 Å². The second kappa shape index (κ2) is 16.6. The molecule has 5 heteroatoms. The lowest BCUT2D eigenvalue weighted by Gasteiger charge is -2.30. The Hall–Kier alpha value is -9.58. The van der Waals surface area contributed by atoms with Crippen molar-refractivity contribution in [3.63, 3.8) is 0 Å². The number of furan rings is 1. The summed E-state index contributed by atoms with van der Waals surface area (Å²) in [5, 5.41) is 6.79. The third kappa shape index (κ3) is 6.63. The van der Waals surface area contributed by atoms with E-state index in [1.807, 2.05) is 0 Å². The van der Waals surface area contributed by atoms with Crippen LogP contribution in [0.3, 0.4) is 0 Å². The summed E-state index contributed by atoms with van der Waals surface area (Å²) in [4.78, 5) is 4.69. The molecule has 0 aliphatic rings. The van der Waals surface area contributed by atoms with Gasteiger partial charge < -0.3 is 23.4 Å². The van der Waals surface area contributed by atoms with Crippen molar-refractivity contribution >= 4 is 99.7 Å². The monoisotopic (exact) mass is 908 g/mol. The molecule has 14 rings (SSSR count). The predicted octanol–water partition coefficient (Wildman–Crippen LogP) is 18.4. The summed E-state index contributed by atoms with van der Waals surface area (Å²) in [7, 11) is 0. The van der Waals surface area contributed by atoms with Crippen molar-refractivity contribution in [2.45, 2.75) is 0 Å². The Balaban J connectivity index is 0.945. The van der Waals surface area contributed by atoms with Gasteiger partial charge in [-0.3, -0.25) is 0 Å². The average Bonchev–Trinajstić information content (AvgIpc) is 4.11. The standard InChI is InChI=1S/C66H44N4O/c1-6-20-47(21-7-1)67(48-22-8-2-9-23-48)53-42-46(43-54(44-53)68(49-24-10-3-11-25-49)50-26-12-4-13-27-50)45-34-36-52(37-35-45)70-60-33-19-17-31-58(60)64-62(70)41-39-56-55-38-40-61-63(65(55)71-66(56)64)57-30-16-18-32-59(57)69(61)51-28-14-5-15-29-51/h1-44H. The maximum absolute atomic E-state index is 7.22. The van der Waals surface area contributed by atoms with Gasteiger partial charge >= 0.3 is 0 Å². The highest BCUT2D eigenvalue weighted by Gasteiger charge is 2.24. The number of para-hydroxylation sites is 7. The summed E-state index contributed by atoms with van der Waals surface area (Å²) in [6.07, 6.45) is 0. The van der Waals surface area contributed by atoms with Crippen molar-refractivity contribution < 1.29 is 4.42 Å². The van der Waals surface area contributed by atoms with E-state index in [0.717, 1.165) is 117 Å². The Morgan fingerprint density at radius 2 is 0.620 bits per heavy atom. The maximum Gasteiger partial charge on any atom is 0.145 e. The molecule has 0 N–H and O–H groups in total. The molecule has 0 unspecified atom stereocenters. The second-order valence-electron chi connectivity index (χ2n) is 18.1. The first-order valence-corrected chi connectivity index (χ1v) is 24.2. The summed E-state index contributed by atoms with van der Waals surface area (Å²) in [6.45, 7) is 0. The SMILES string of the molecule is c1ccc(N(c2ccccc2)c2cc(-c3ccc(-n4c5ccccc5c5c6oc7c(ccc8c7c7ccccc7n8-c7ccccc7)c6ccc54)cc3)cc(N(c3ccccc3)c3ccccc3)c2)cc1. The topological polar surface area (TPSA) is 29.5 Å². The van der Waals surface area contributed by atoms with Crippen molar-refractivity contribution in [1.82, 2.24) is 9.13 Å².